The quantitative estimate of drug-likeness (QED) is 0.404. The lowest BCUT2D eigenvalue weighted by Gasteiger charge is -1.88. The lowest BCUT2D eigenvalue weighted by molar-refractivity contribution is -0.152. The van der Waals surface area contributed by atoms with Crippen molar-refractivity contribution in [1.29, 1.82) is 0 Å². The van der Waals surface area contributed by atoms with Crippen LogP contribution in [0.15, 0.2) is 121 Å². The van der Waals surface area contributed by atoms with Gasteiger partial charge in [0.15, 0.2) is 0 Å². The number of hydrogen-bond donors (Lipinski definition) is 0. The molecular formula is C26H8O3. The molecule has 1 fully saturated rings. The summed E-state index contributed by atoms with van der Waals surface area (Å²) in [5, 5.41) is 0. The van der Waals surface area contributed by atoms with E-state index >= 15 is 0 Å². The topological polar surface area (TPSA) is 43.4 Å². The first-order chi connectivity index (χ1) is 14.2. The van der Waals surface area contributed by atoms with Gasteiger partial charge in [-0.05, 0) is 111 Å². The first-order valence-corrected chi connectivity index (χ1v) is 7.86. The Kier molecular flexibility index (Phi) is 11.2. The van der Waals surface area contributed by atoms with Crippen molar-refractivity contribution in [1.82, 2.24) is 0 Å². The van der Waals surface area contributed by atoms with Crippen LogP contribution in [0.4, 0.5) is 0 Å². The van der Waals surface area contributed by atoms with E-state index in [0.717, 1.165) is 0 Å². The smallest absolute Gasteiger partial charge is 0.321 e. The van der Waals surface area contributed by atoms with E-state index in [4.69, 9.17) is 0 Å². The van der Waals surface area contributed by atoms with Crippen LogP contribution in [-0.4, -0.2) is 11.9 Å². The van der Waals surface area contributed by atoms with Crippen molar-refractivity contribution in [2.45, 2.75) is 13.3 Å². The van der Waals surface area contributed by atoms with E-state index in [9.17, 15) is 9.59 Å². The highest BCUT2D eigenvalue weighted by Gasteiger charge is 2.31. The van der Waals surface area contributed by atoms with Gasteiger partial charge in [-0.2, -0.15) is 0 Å². The average Bonchev–Trinajstić information content (AvgIpc) is 3.03. The Hall–Kier alpha value is -5.30. The summed E-state index contributed by atoms with van der Waals surface area (Å²) in [6.07, 6.45) is 3.07. The maximum atomic E-state index is 11.2. The van der Waals surface area contributed by atoms with Crippen molar-refractivity contribution in [3.8, 4) is 0 Å². The number of rotatable bonds is 1. The van der Waals surface area contributed by atoms with Crippen LogP contribution in [0.3, 0.4) is 0 Å². The zero-order chi connectivity index (χ0) is 21.0. The Morgan fingerprint density at radius 1 is 0.655 bits per heavy atom. The van der Waals surface area contributed by atoms with Crippen molar-refractivity contribution in [3.63, 3.8) is 0 Å². The summed E-state index contributed by atoms with van der Waals surface area (Å²) < 4.78 is 4.38. The van der Waals surface area contributed by atoms with Gasteiger partial charge < -0.3 is 4.74 Å². The number of carbonyl (C=O) groups is 2. The highest BCUT2D eigenvalue weighted by molar-refractivity contribution is 5.95. The van der Waals surface area contributed by atoms with E-state index in [1.165, 1.54) is 6.08 Å². The van der Waals surface area contributed by atoms with E-state index in [1.54, 1.807) is 6.08 Å². The molecule has 3 heteroatoms. The minimum Gasteiger partial charge on any atom is -0.393 e. The highest BCUT2D eigenvalue weighted by atomic mass is 16.6. The van der Waals surface area contributed by atoms with Crippen LogP contribution >= 0.6 is 0 Å². The molecule has 0 bridgehead atoms. The van der Waals surface area contributed by atoms with Crippen molar-refractivity contribution in [3.05, 3.63) is 121 Å². The molecule has 0 saturated carbocycles. The molecule has 1 aliphatic rings. The first-order valence-electron chi connectivity index (χ1n) is 7.86. The average molecular weight is 368 g/mol. The molecule has 0 N–H and O–H groups in total. The molecule has 1 heterocycles. The predicted molar refractivity (Wildman–Crippen MR) is 101 cm³/mol. The van der Waals surface area contributed by atoms with Gasteiger partial charge in [0.25, 0.3) is 0 Å². The van der Waals surface area contributed by atoms with Gasteiger partial charge in [-0.1, -0.05) is 11.5 Å². The van der Waals surface area contributed by atoms with Crippen molar-refractivity contribution in [2.75, 3.05) is 0 Å². The fraction of sp³-hybridized carbons (Fsp3) is 0.115. The molecule has 29 heavy (non-hydrogen) atoms. The maximum Gasteiger partial charge on any atom is 0.321 e. The fourth-order valence-electron chi connectivity index (χ4n) is 1.37. The minimum absolute atomic E-state index is 0.00764. The Morgan fingerprint density at radius 3 is 1.38 bits per heavy atom. The summed E-state index contributed by atoms with van der Waals surface area (Å²) in [5.41, 5.74) is 47.6. The van der Waals surface area contributed by atoms with Crippen molar-refractivity contribution < 1.29 is 14.3 Å². The SMILES string of the molecule is CC=C=C=C=C=C=C=C=C=C=C=C=C=C=C=C=C=C=C=C=CC1CC(=O)OC1=O. The number of carbonyl (C=O) groups excluding carboxylic acids is 2. The van der Waals surface area contributed by atoms with Crippen LogP contribution in [0.25, 0.3) is 0 Å². The molecule has 1 unspecified atom stereocenters. The van der Waals surface area contributed by atoms with E-state index in [1.807, 2.05) is 6.92 Å². The standard InChI is InChI=1S/C26H8O3/c1-2-3-4-5-6-7-8-9-10-11-12-13-14-15-16-17-18-19-20-21-22-24-23-25(27)29-26(24)28/h2,22,24H,23H2,1H3. The summed E-state index contributed by atoms with van der Waals surface area (Å²) >= 11 is 0. The Morgan fingerprint density at radius 2 is 1.03 bits per heavy atom. The second-order valence-corrected chi connectivity index (χ2v) is 4.47. The lowest BCUT2D eigenvalue weighted by Crippen LogP contribution is -2.03. The predicted octanol–water partition coefficient (Wildman–Crippen LogP) is 3.60. The molecule has 1 atom stereocenters. The van der Waals surface area contributed by atoms with Gasteiger partial charge in [-0.25, -0.2) is 0 Å². The molecule has 0 aliphatic carbocycles. The third-order valence-electron chi connectivity index (χ3n) is 2.48. The first kappa shape index (κ1) is 21.7. The molecule has 1 rings (SSSR count). The normalized spacial score (nSPS) is 11.0. The van der Waals surface area contributed by atoms with Gasteiger partial charge in [0.1, 0.15) is 0 Å². The summed E-state index contributed by atoms with van der Waals surface area (Å²) in [6.45, 7) is 1.81. The minimum atomic E-state index is -0.629. The third kappa shape index (κ3) is 11.8. The van der Waals surface area contributed by atoms with Gasteiger partial charge in [-0.3, -0.25) is 9.59 Å². The largest absolute Gasteiger partial charge is 0.393 e. The highest BCUT2D eigenvalue weighted by Crippen LogP contribution is 2.16. The Balaban J connectivity index is 3.05. The number of ether oxygens (including phenoxy) is 1. The molecule has 0 aromatic rings. The molecule has 0 amide bonds. The van der Waals surface area contributed by atoms with Gasteiger partial charge in [0, 0.05) is 5.73 Å². The summed E-state index contributed by atoms with van der Waals surface area (Å²) in [6, 6.07) is 0. The molecular weight excluding hydrogens is 360 g/mol. The number of hydrogen-bond acceptors (Lipinski definition) is 3. The summed E-state index contributed by atoms with van der Waals surface area (Å²) in [4.78, 5) is 22.0. The number of esters is 2. The van der Waals surface area contributed by atoms with Crippen LogP contribution in [0.2, 0.25) is 0 Å². The van der Waals surface area contributed by atoms with Gasteiger partial charge in [0.05, 0.1) is 12.3 Å². The molecule has 3 nitrogen and oxygen atoms in total. The van der Waals surface area contributed by atoms with Crippen LogP contribution in [-0.2, 0) is 14.3 Å². The van der Waals surface area contributed by atoms with E-state index < -0.39 is 17.9 Å². The second kappa shape index (κ2) is 15.0. The third-order valence-corrected chi connectivity index (χ3v) is 2.48. The van der Waals surface area contributed by atoms with Gasteiger partial charge in [-0.15, -0.1) is 0 Å². The van der Waals surface area contributed by atoms with Crippen LogP contribution in [0.5, 0.6) is 0 Å². The lowest BCUT2D eigenvalue weighted by atomic mass is 10.1. The molecule has 1 aliphatic heterocycles. The molecule has 0 radical (unpaired) electrons. The summed E-state index contributed by atoms with van der Waals surface area (Å²) in [5.74, 6) is -1.77. The van der Waals surface area contributed by atoms with Crippen molar-refractivity contribution >= 4 is 11.9 Å². The van der Waals surface area contributed by atoms with Crippen LogP contribution in [0, 0.1) is 5.92 Å². The Bertz CT molecular complexity index is 1460. The molecule has 1 saturated heterocycles. The van der Waals surface area contributed by atoms with Crippen LogP contribution in [0.1, 0.15) is 13.3 Å². The Labute approximate surface area is 167 Å². The van der Waals surface area contributed by atoms with Crippen LogP contribution < -0.4 is 0 Å². The fourth-order valence-corrected chi connectivity index (χ4v) is 1.37. The number of allylic oxidation sites excluding steroid dienone is 1. The van der Waals surface area contributed by atoms with E-state index in [0.29, 0.717) is 0 Å². The molecule has 0 aromatic heterocycles. The second-order valence-electron chi connectivity index (χ2n) is 4.47. The van der Waals surface area contributed by atoms with E-state index in [2.05, 4.69) is 114 Å². The van der Waals surface area contributed by atoms with E-state index in [-0.39, 0.29) is 6.42 Å². The molecule has 130 valence electrons. The molecule has 0 aromatic carbocycles. The molecule has 0 spiro atoms. The zero-order valence-electron chi connectivity index (χ0n) is 15.2. The van der Waals surface area contributed by atoms with Gasteiger partial charge >= 0.3 is 11.9 Å². The summed E-state index contributed by atoms with van der Waals surface area (Å²) in [7, 11) is 0. The maximum absolute atomic E-state index is 11.2. The zero-order valence-corrected chi connectivity index (χ0v) is 15.2. The van der Waals surface area contributed by atoms with Crippen molar-refractivity contribution in [2.24, 2.45) is 5.92 Å². The number of cyclic esters (lactones) is 2. The van der Waals surface area contributed by atoms with Gasteiger partial charge in [0.2, 0.25) is 0 Å². The monoisotopic (exact) mass is 368 g/mol.